The average Bonchev–Trinajstić information content (AvgIpc) is 2.40. The fourth-order valence-corrected chi connectivity index (χ4v) is 3.69. The van der Waals surface area contributed by atoms with Gasteiger partial charge in [0.2, 0.25) is 10.0 Å². The smallest absolute Gasteiger partial charge is 0.255 e. The zero-order valence-electron chi connectivity index (χ0n) is 10.6. The van der Waals surface area contributed by atoms with Gasteiger partial charge in [-0.15, -0.1) is 0 Å². The summed E-state index contributed by atoms with van der Waals surface area (Å²) in [4.78, 5) is 14.0. The summed E-state index contributed by atoms with van der Waals surface area (Å²) in [5, 5.41) is 4.93. The number of likely N-dealkylation sites (tertiary alicyclic amines) is 1. The van der Waals surface area contributed by atoms with Crippen molar-refractivity contribution in [2.24, 2.45) is 5.14 Å². The normalized spacial score (nSPS) is 19.9. The van der Waals surface area contributed by atoms with E-state index in [9.17, 15) is 13.2 Å². The monoisotopic (exact) mass is 380 g/mol. The minimum absolute atomic E-state index is 0.122. The number of primary sulfonamides is 1. The minimum atomic E-state index is -3.62. The van der Waals surface area contributed by atoms with Crippen molar-refractivity contribution in [1.82, 2.24) is 4.90 Å². The lowest BCUT2D eigenvalue weighted by Gasteiger charge is -2.31. The van der Waals surface area contributed by atoms with Crippen molar-refractivity contribution in [3.8, 4) is 0 Å². The highest BCUT2D eigenvalue weighted by molar-refractivity contribution is 9.10. The Morgan fingerprint density at radius 3 is 2.80 bits per heavy atom. The molecule has 1 aliphatic rings. The molecule has 1 aliphatic heterocycles. The van der Waals surface area contributed by atoms with Gasteiger partial charge >= 0.3 is 0 Å². The number of nitrogens with two attached hydrogens (primary N) is 1. The Bertz CT molecular complexity index is 636. The van der Waals surface area contributed by atoms with Crippen molar-refractivity contribution in [3.63, 3.8) is 0 Å². The van der Waals surface area contributed by atoms with Crippen molar-refractivity contribution in [2.45, 2.75) is 18.1 Å². The third kappa shape index (κ3) is 3.52. The van der Waals surface area contributed by atoms with E-state index in [1.165, 1.54) is 4.90 Å². The highest BCUT2D eigenvalue weighted by Gasteiger charge is 2.31. The second-order valence-corrected chi connectivity index (χ2v) is 7.86. The summed E-state index contributed by atoms with van der Waals surface area (Å²) in [6.45, 7) is 0.639. The van der Waals surface area contributed by atoms with Gasteiger partial charge in [-0.3, -0.25) is 4.79 Å². The number of carbonyl (C=O) groups excluding carboxylic acids is 1. The van der Waals surface area contributed by atoms with Gasteiger partial charge in [0.05, 0.1) is 10.8 Å². The van der Waals surface area contributed by atoms with E-state index in [1.807, 2.05) is 0 Å². The van der Waals surface area contributed by atoms with E-state index in [1.54, 1.807) is 18.2 Å². The summed E-state index contributed by atoms with van der Waals surface area (Å²) < 4.78 is 23.5. The van der Waals surface area contributed by atoms with Crippen LogP contribution in [0.1, 0.15) is 23.2 Å². The first-order valence-electron chi connectivity index (χ1n) is 6.05. The summed E-state index contributed by atoms with van der Waals surface area (Å²) in [6.07, 6.45) is 1.10. The number of halogens is 2. The molecule has 0 aliphatic carbocycles. The number of rotatable bonds is 2. The molecule has 5 nitrogen and oxygen atoms in total. The van der Waals surface area contributed by atoms with Gasteiger partial charge in [-0.05, 0) is 47.0 Å². The van der Waals surface area contributed by atoms with Gasteiger partial charge in [-0.2, -0.15) is 0 Å². The van der Waals surface area contributed by atoms with E-state index in [4.69, 9.17) is 16.7 Å². The number of benzene rings is 1. The molecule has 0 saturated carbocycles. The predicted molar refractivity (Wildman–Crippen MR) is 81.2 cm³/mol. The number of hydrogen-bond acceptors (Lipinski definition) is 3. The summed E-state index contributed by atoms with van der Waals surface area (Å²) in [7, 11) is -3.62. The van der Waals surface area contributed by atoms with Crippen molar-refractivity contribution in [3.05, 3.63) is 33.3 Å². The standard InChI is InChI=1S/C12H14BrClN2O3S/c13-11-4-3-8(14)6-10(11)12(17)16-5-1-2-9(7-16)20(15,18)19/h3-4,6,9H,1-2,5,7H2,(H2,15,18,19). The maximum atomic E-state index is 12.4. The van der Waals surface area contributed by atoms with Crippen LogP contribution in [0, 0.1) is 0 Å². The van der Waals surface area contributed by atoms with E-state index in [0.29, 0.717) is 34.4 Å². The summed E-state index contributed by atoms with van der Waals surface area (Å²) >= 11 is 9.20. The molecule has 1 heterocycles. The first-order valence-corrected chi connectivity index (χ1v) is 8.83. The molecule has 1 saturated heterocycles. The first kappa shape index (κ1) is 15.8. The molecule has 0 bridgehead atoms. The third-order valence-electron chi connectivity index (χ3n) is 3.29. The van der Waals surface area contributed by atoms with Gasteiger partial charge < -0.3 is 4.90 Å². The third-order valence-corrected chi connectivity index (χ3v) is 5.53. The van der Waals surface area contributed by atoms with Crippen LogP contribution in [-0.2, 0) is 10.0 Å². The van der Waals surface area contributed by atoms with Crippen molar-refractivity contribution < 1.29 is 13.2 Å². The number of piperidine rings is 1. The summed E-state index contributed by atoms with van der Waals surface area (Å²) in [6, 6.07) is 4.93. The molecule has 1 fully saturated rings. The number of carbonyl (C=O) groups is 1. The van der Waals surface area contributed by atoms with Gasteiger partial charge in [0.15, 0.2) is 0 Å². The van der Waals surface area contributed by atoms with Gasteiger partial charge in [0, 0.05) is 22.6 Å². The largest absolute Gasteiger partial charge is 0.337 e. The minimum Gasteiger partial charge on any atom is -0.337 e. The highest BCUT2D eigenvalue weighted by Crippen LogP contribution is 2.24. The molecule has 1 atom stereocenters. The molecule has 20 heavy (non-hydrogen) atoms. The molecule has 110 valence electrons. The maximum Gasteiger partial charge on any atom is 0.255 e. The van der Waals surface area contributed by atoms with E-state index < -0.39 is 15.3 Å². The van der Waals surface area contributed by atoms with Crippen molar-refractivity contribution in [1.29, 1.82) is 0 Å². The molecule has 1 amide bonds. The molecule has 2 N–H and O–H groups in total. The van der Waals surface area contributed by atoms with Crippen LogP contribution in [0.3, 0.4) is 0 Å². The molecule has 1 aromatic carbocycles. The quantitative estimate of drug-likeness (QED) is 0.851. The van der Waals surface area contributed by atoms with Gasteiger partial charge in [-0.1, -0.05) is 11.6 Å². The fourth-order valence-electron chi connectivity index (χ4n) is 2.22. The second kappa shape index (κ2) is 6.01. The van der Waals surface area contributed by atoms with Crippen LogP contribution < -0.4 is 5.14 Å². The number of sulfonamides is 1. The SMILES string of the molecule is NS(=O)(=O)C1CCCN(C(=O)c2cc(Cl)ccc2Br)C1. The Morgan fingerprint density at radius 2 is 2.15 bits per heavy atom. The van der Waals surface area contributed by atoms with Crippen LogP contribution in [0.2, 0.25) is 5.02 Å². The lowest BCUT2D eigenvalue weighted by molar-refractivity contribution is 0.0726. The van der Waals surface area contributed by atoms with Gasteiger partial charge in [0.25, 0.3) is 5.91 Å². The second-order valence-electron chi connectivity index (χ2n) is 4.73. The molecule has 0 spiro atoms. The van der Waals surface area contributed by atoms with Crippen LogP contribution in [0.5, 0.6) is 0 Å². The molecular formula is C12H14BrClN2O3S. The Balaban J connectivity index is 2.23. The Morgan fingerprint density at radius 1 is 1.45 bits per heavy atom. The van der Waals surface area contributed by atoms with Crippen LogP contribution in [0.4, 0.5) is 0 Å². The van der Waals surface area contributed by atoms with Crippen LogP contribution in [-0.4, -0.2) is 37.6 Å². The maximum absolute atomic E-state index is 12.4. The molecule has 2 rings (SSSR count). The lowest BCUT2D eigenvalue weighted by Crippen LogP contribution is -2.47. The lowest BCUT2D eigenvalue weighted by atomic mass is 10.1. The van der Waals surface area contributed by atoms with Crippen LogP contribution >= 0.6 is 27.5 Å². The van der Waals surface area contributed by atoms with Crippen molar-refractivity contribution >= 4 is 43.5 Å². The first-order chi connectivity index (χ1) is 9.29. The molecule has 8 heteroatoms. The number of amides is 1. The Kier molecular flexibility index (Phi) is 4.73. The van der Waals surface area contributed by atoms with Crippen LogP contribution in [0.25, 0.3) is 0 Å². The predicted octanol–water partition coefficient (Wildman–Crippen LogP) is 2.00. The summed E-state index contributed by atoms with van der Waals surface area (Å²) in [5.74, 6) is -0.243. The van der Waals surface area contributed by atoms with E-state index in [0.717, 1.165) is 0 Å². The zero-order valence-corrected chi connectivity index (χ0v) is 13.7. The van der Waals surface area contributed by atoms with E-state index in [-0.39, 0.29) is 12.5 Å². The molecule has 0 radical (unpaired) electrons. The van der Waals surface area contributed by atoms with Crippen LogP contribution in [0.15, 0.2) is 22.7 Å². The average molecular weight is 382 g/mol. The highest BCUT2D eigenvalue weighted by atomic mass is 79.9. The van der Waals surface area contributed by atoms with Gasteiger partial charge in [-0.25, -0.2) is 13.6 Å². The molecule has 0 aromatic heterocycles. The van der Waals surface area contributed by atoms with E-state index >= 15 is 0 Å². The summed E-state index contributed by atoms with van der Waals surface area (Å²) in [5.41, 5.74) is 0.424. The topological polar surface area (TPSA) is 80.5 Å². The fraction of sp³-hybridized carbons (Fsp3) is 0.417. The van der Waals surface area contributed by atoms with Gasteiger partial charge in [0.1, 0.15) is 0 Å². The number of hydrogen-bond donors (Lipinski definition) is 1. The Labute approximate surface area is 131 Å². The Hall–Kier alpha value is -0.630. The number of nitrogens with zero attached hydrogens (tertiary/aromatic N) is 1. The molecule has 1 aromatic rings. The van der Waals surface area contributed by atoms with Crippen molar-refractivity contribution in [2.75, 3.05) is 13.1 Å². The molecular weight excluding hydrogens is 368 g/mol. The zero-order chi connectivity index (χ0) is 14.9. The van der Waals surface area contributed by atoms with E-state index in [2.05, 4.69) is 15.9 Å². The molecule has 1 unspecified atom stereocenters.